The average Bonchev–Trinajstić information content (AvgIpc) is 3.39. The number of amides is 1. The van der Waals surface area contributed by atoms with Gasteiger partial charge in [-0.3, -0.25) is 4.79 Å². The zero-order chi connectivity index (χ0) is 24.2. The zero-order valence-corrected chi connectivity index (χ0v) is 20.0. The molecule has 3 aliphatic rings. The lowest BCUT2D eigenvalue weighted by Crippen LogP contribution is -2.50. The summed E-state index contributed by atoms with van der Waals surface area (Å²) in [5.41, 5.74) is 1.62. The molecule has 5 rings (SSSR count). The van der Waals surface area contributed by atoms with Crippen LogP contribution in [-0.2, 0) is 4.79 Å². The van der Waals surface area contributed by atoms with E-state index in [0.717, 1.165) is 44.6 Å². The number of rotatable bonds is 7. The van der Waals surface area contributed by atoms with Gasteiger partial charge in [-0.15, -0.1) is 0 Å². The molecule has 188 valence electrons. The van der Waals surface area contributed by atoms with E-state index in [2.05, 4.69) is 15.1 Å². The summed E-state index contributed by atoms with van der Waals surface area (Å²) >= 11 is 0. The van der Waals surface area contributed by atoms with Gasteiger partial charge < -0.3 is 29.7 Å². The number of ether oxygens (including phenoxy) is 2. The molecule has 2 aromatic carbocycles. The summed E-state index contributed by atoms with van der Waals surface area (Å²) in [5, 5.41) is 14.6. The number of anilines is 1. The van der Waals surface area contributed by atoms with E-state index in [1.54, 1.807) is 12.1 Å². The molecule has 2 aromatic rings. The highest BCUT2D eigenvalue weighted by Gasteiger charge is 2.33. The molecular formula is C27H34FN3O4. The van der Waals surface area contributed by atoms with Crippen LogP contribution in [0.15, 0.2) is 42.5 Å². The number of halogens is 1. The lowest BCUT2D eigenvalue weighted by molar-refractivity contribution is -0.126. The molecule has 2 N–H and O–H groups in total. The van der Waals surface area contributed by atoms with E-state index in [9.17, 15) is 14.3 Å². The molecule has 0 spiro atoms. The fourth-order valence-corrected chi connectivity index (χ4v) is 5.28. The van der Waals surface area contributed by atoms with Crippen molar-refractivity contribution in [3.63, 3.8) is 0 Å². The van der Waals surface area contributed by atoms with Crippen molar-refractivity contribution in [3.8, 4) is 11.5 Å². The van der Waals surface area contributed by atoms with Gasteiger partial charge in [0.1, 0.15) is 25.1 Å². The lowest BCUT2D eigenvalue weighted by Gasteiger charge is -2.34. The number of aliphatic hydroxyl groups is 1. The van der Waals surface area contributed by atoms with Crippen molar-refractivity contribution in [3.05, 3.63) is 53.8 Å². The molecule has 3 heterocycles. The largest absolute Gasteiger partial charge is 0.486 e. The van der Waals surface area contributed by atoms with E-state index in [-0.39, 0.29) is 17.6 Å². The van der Waals surface area contributed by atoms with Crippen molar-refractivity contribution >= 4 is 11.6 Å². The standard InChI is InChI=1S/C27H34FN3O4/c28-21-5-7-22(8-6-21)31-13-10-20(17-31)27(33)29-23(18-30-11-2-1-3-12-30)26(32)19-4-9-24-25(16-19)35-15-14-34-24/h4-9,16,20,23,26,32H,1-3,10-15,17-18H2,(H,29,33)/t20-,23-,26-/m1/s1. The average molecular weight is 484 g/mol. The van der Waals surface area contributed by atoms with Crippen LogP contribution in [0.4, 0.5) is 10.1 Å². The number of carbonyl (C=O) groups is 1. The van der Waals surface area contributed by atoms with E-state index in [4.69, 9.17) is 9.47 Å². The van der Waals surface area contributed by atoms with Gasteiger partial charge in [0.15, 0.2) is 11.5 Å². The normalized spacial score (nSPS) is 22.0. The number of hydrogen-bond donors (Lipinski definition) is 2. The van der Waals surface area contributed by atoms with Crippen molar-refractivity contribution in [1.82, 2.24) is 10.2 Å². The third kappa shape index (κ3) is 5.70. The molecule has 0 aromatic heterocycles. The highest BCUT2D eigenvalue weighted by atomic mass is 19.1. The maximum atomic E-state index is 13.3. The third-order valence-electron chi connectivity index (χ3n) is 7.27. The smallest absolute Gasteiger partial charge is 0.225 e. The van der Waals surface area contributed by atoms with Crippen LogP contribution in [0.5, 0.6) is 11.5 Å². The minimum Gasteiger partial charge on any atom is -0.486 e. The molecule has 3 atom stereocenters. The first kappa shape index (κ1) is 23.9. The zero-order valence-electron chi connectivity index (χ0n) is 20.0. The van der Waals surface area contributed by atoms with Crippen LogP contribution in [0, 0.1) is 11.7 Å². The van der Waals surface area contributed by atoms with Crippen molar-refractivity contribution in [2.45, 2.75) is 37.8 Å². The highest BCUT2D eigenvalue weighted by molar-refractivity contribution is 5.80. The Hall–Kier alpha value is -2.84. The maximum absolute atomic E-state index is 13.3. The Morgan fingerprint density at radius 2 is 1.77 bits per heavy atom. The molecule has 0 unspecified atom stereocenters. The first-order valence-corrected chi connectivity index (χ1v) is 12.7. The van der Waals surface area contributed by atoms with E-state index < -0.39 is 12.1 Å². The first-order valence-electron chi connectivity index (χ1n) is 12.7. The van der Waals surface area contributed by atoms with Crippen LogP contribution in [0.2, 0.25) is 0 Å². The van der Waals surface area contributed by atoms with E-state index in [0.29, 0.717) is 43.4 Å². The van der Waals surface area contributed by atoms with Gasteiger partial charge in [0.25, 0.3) is 0 Å². The Balaban J connectivity index is 1.28. The Kier molecular flexibility index (Phi) is 7.39. The van der Waals surface area contributed by atoms with Gasteiger partial charge in [-0.05, 0) is 74.3 Å². The fraction of sp³-hybridized carbons (Fsp3) is 0.519. The molecule has 1 amide bonds. The Morgan fingerprint density at radius 3 is 2.54 bits per heavy atom. The van der Waals surface area contributed by atoms with Crippen LogP contribution in [0.25, 0.3) is 0 Å². The summed E-state index contributed by atoms with van der Waals surface area (Å²) in [6.45, 7) is 4.85. The van der Waals surface area contributed by atoms with Crippen LogP contribution in [0.3, 0.4) is 0 Å². The quantitative estimate of drug-likeness (QED) is 0.631. The molecule has 0 radical (unpaired) electrons. The minimum atomic E-state index is -0.869. The second-order valence-corrected chi connectivity index (χ2v) is 9.73. The number of nitrogens with one attached hydrogen (secondary N) is 1. The van der Waals surface area contributed by atoms with Gasteiger partial charge >= 0.3 is 0 Å². The van der Waals surface area contributed by atoms with Gasteiger partial charge in [-0.1, -0.05) is 12.5 Å². The summed E-state index contributed by atoms with van der Waals surface area (Å²) in [6, 6.07) is 11.4. The molecular weight excluding hydrogens is 449 g/mol. The van der Waals surface area contributed by atoms with Crippen molar-refractivity contribution in [1.29, 1.82) is 0 Å². The predicted octanol–water partition coefficient (Wildman–Crippen LogP) is 3.13. The fourth-order valence-electron chi connectivity index (χ4n) is 5.28. The molecule has 3 aliphatic heterocycles. The molecule has 7 nitrogen and oxygen atoms in total. The number of aliphatic hydroxyl groups excluding tert-OH is 1. The van der Waals surface area contributed by atoms with Crippen LogP contribution in [-0.4, -0.2) is 67.9 Å². The summed E-state index contributed by atoms with van der Waals surface area (Å²) < 4.78 is 24.6. The lowest BCUT2D eigenvalue weighted by atomic mass is 9.98. The summed E-state index contributed by atoms with van der Waals surface area (Å²) in [4.78, 5) is 17.8. The Bertz CT molecular complexity index is 1010. The number of nitrogens with zero attached hydrogens (tertiary/aromatic N) is 2. The highest BCUT2D eigenvalue weighted by Crippen LogP contribution is 2.34. The van der Waals surface area contributed by atoms with Crippen molar-refractivity contribution in [2.75, 3.05) is 50.8 Å². The van der Waals surface area contributed by atoms with Gasteiger partial charge in [-0.2, -0.15) is 0 Å². The van der Waals surface area contributed by atoms with Crippen molar-refractivity contribution in [2.24, 2.45) is 5.92 Å². The first-order chi connectivity index (χ1) is 17.1. The molecule has 2 saturated heterocycles. The molecule has 0 saturated carbocycles. The monoisotopic (exact) mass is 483 g/mol. The van der Waals surface area contributed by atoms with Crippen molar-refractivity contribution < 1.29 is 23.8 Å². The SMILES string of the molecule is O=C(N[C@H](CN1CCCCC1)[C@H](O)c1ccc2c(c1)OCCO2)[C@@H]1CCN(c2ccc(F)cc2)C1. The predicted molar refractivity (Wildman–Crippen MR) is 131 cm³/mol. The minimum absolute atomic E-state index is 0.0479. The molecule has 8 heteroatoms. The molecule has 2 fully saturated rings. The summed E-state index contributed by atoms with van der Waals surface area (Å²) in [7, 11) is 0. The van der Waals surface area contributed by atoms with Crippen LogP contribution in [0.1, 0.15) is 37.4 Å². The number of piperidine rings is 1. The van der Waals surface area contributed by atoms with Crippen LogP contribution < -0.4 is 19.7 Å². The maximum Gasteiger partial charge on any atom is 0.225 e. The topological polar surface area (TPSA) is 74.3 Å². The summed E-state index contributed by atoms with van der Waals surface area (Å²) in [5.74, 6) is 0.803. The Morgan fingerprint density at radius 1 is 1.03 bits per heavy atom. The van der Waals surface area contributed by atoms with E-state index in [1.165, 1.54) is 18.6 Å². The Labute approximate surface area is 205 Å². The van der Waals surface area contributed by atoms with E-state index >= 15 is 0 Å². The number of hydrogen-bond acceptors (Lipinski definition) is 6. The number of fused-ring (bicyclic) bond motifs is 1. The van der Waals surface area contributed by atoms with Gasteiger partial charge in [0.2, 0.25) is 5.91 Å². The number of carbonyl (C=O) groups excluding carboxylic acids is 1. The molecule has 35 heavy (non-hydrogen) atoms. The second-order valence-electron chi connectivity index (χ2n) is 9.73. The van der Waals surface area contributed by atoms with Crippen LogP contribution >= 0.6 is 0 Å². The molecule has 0 aliphatic carbocycles. The molecule has 0 bridgehead atoms. The third-order valence-corrected chi connectivity index (χ3v) is 7.27. The number of benzene rings is 2. The van der Waals surface area contributed by atoms with Gasteiger partial charge in [0.05, 0.1) is 12.0 Å². The van der Waals surface area contributed by atoms with E-state index in [1.807, 2.05) is 18.2 Å². The van der Waals surface area contributed by atoms with Gasteiger partial charge in [0, 0.05) is 25.3 Å². The van der Waals surface area contributed by atoms with Gasteiger partial charge in [-0.25, -0.2) is 4.39 Å². The summed E-state index contributed by atoms with van der Waals surface area (Å²) in [6.07, 6.45) is 3.34. The second kappa shape index (κ2) is 10.8. The number of likely N-dealkylation sites (tertiary alicyclic amines) is 1.